The summed E-state index contributed by atoms with van der Waals surface area (Å²) in [7, 11) is 0. The Morgan fingerprint density at radius 2 is 0.851 bits per heavy atom. The maximum absolute atomic E-state index is 13.3. The van der Waals surface area contributed by atoms with Crippen molar-refractivity contribution < 1.29 is 89.4 Å². The van der Waals surface area contributed by atoms with Gasteiger partial charge >= 0.3 is 0 Å². The number of ether oxygens (including phenoxy) is 6. The van der Waals surface area contributed by atoms with Crippen LogP contribution in [0.1, 0.15) is 187 Å². The number of carbonyl (C=O) groups excluding carboxylic acids is 1. The summed E-state index contributed by atoms with van der Waals surface area (Å²) < 4.78 is 34.2. The summed E-state index contributed by atoms with van der Waals surface area (Å²) in [6.07, 6.45) is 11.6. The lowest BCUT2D eigenvalue weighted by molar-refractivity contribution is -0.379. The van der Waals surface area contributed by atoms with E-state index in [1.165, 1.54) is 103 Å². The third-order valence-electron chi connectivity index (χ3n) is 14.5. The Labute approximate surface area is 441 Å². The first-order valence-corrected chi connectivity index (χ1v) is 28.6. The number of carbonyl (C=O) groups is 1. The molecule has 3 heterocycles. The summed E-state index contributed by atoms with van der Waals surface area (Å²) in [5.74, 6) is -0.282. The molecule has 3 aliphatic rings. The van der Waals surface area contributed by atoms with Crippen LogP contribution < -0.4 is 5.32 Å². The molecule has 1 amide bonds. The number of hydrogen-bond acceptors (Lipinski definition) is 18. The molecule has 3 rings (SSSR count). The molecule has 19 heteroatoms. The van der Waals surface area contributed by atoms with Crippen molar-refractivity contribution >= 4 is 5.91 Å². The predicted octanol–water partition coefficient (Wildman–Crippen LogP) is 3.98. The van der Waals surface area contributed by atoms with E-state index < -0.39 is 124 Å². The first-order valence-electron chi connectivity index (χ1n) is 28.6. The van der Waals surface area contributed by atoms with E-state index in [0.29, 0.717) is 6.42 Å². The van der Waals surface area contributed by atoms with Gasteiger partial charge in [-0.15, -0.1) is 0 Å². The van der Waals surface area contributed by atoms with E-state index in [-0.39, 0.29) is 18.9 Å². The van der Waals surface area contributed by atoms with Gasteiger partial charge in [0.25, 0.3) is 0 Å². The van der Waals surface area contributed by atoms with Gasteiger partial charge in [0.15, 0.2) is 18.9 Å². The van der Waals surface area contributed by atoms with Gasteiger partial charge in [-0.25, -0.2) is 0 Å². The normalized spacial score (nSPS) is 31.6. The molecule has 0 radical (unpaired) electrons. The van der Waals surface area contributed by atoms with Gasteiger partial charge in [0.1, 0.15) is 73.2 Å². The molecule has 3 fully saturated rings. The molecular formula is C55H101NO18. The Balaban J connectivity index is 1.52. The molecule has 0 aliphatic carbocycles. The zero-order chi connectivity index (χ0) is 54.1. The average molecular weight is 1060 g/mol. The van der Waals surface area contributed by atoms with Gasteiger partial charge in [0.2, 0.25) is 5.91 Å². The third kappa shape index (κ3) is 24.1. The van der Waals surface area contributed by atoms with Crippen LogP contribution >= 0.6 is 0 Å². The van der Waals surface area contributed by atoms with Crippen LogP contribution in [0, 0.1) is 0 Å². The van der Waals surface area contributed by atoms with Gasteiger partial charge in [-0.1, -0.05) is 160 Å². The molecule has 3 aliphatic heterocycles. The summed E-state index contributed by atoms with van der Waals surface area (Å²) in [5, 5.41) is 120. The third-order valence-corrected chi connectivity index (χ3v) is 14.5. The Morgan fingerprint density at radius 3 is 1.31 bits per heavy atom. The lowest BCUT2D eigenvalue weighted by Crippen LogP contribution is -2.66. The van der Waals surface area contributed by atoms with Crippen LogP contribution in [0.3, 0.4) is 0 Å². The fourth-order valence-corrected chi connectivity index (χ4v) is 9.71. The SMILES string of the molecule is CCCCCCCC/C=C\CCCCCCCCCC(=O)NC(COC1OC(CO)C(OC2OC(CO)C(OC3OC(CO)C(O)C(O)C3O)C(O)C2O)C(O)C1O)C(O)/C=C/CCCCCCCCCCCC. The molecule has 0 bridgehead atoms. The minimum Gasteiger partial charge on any atom is -0.394 e. The van der Waals surface area contributed by atoms with E-state index in [9.17, 15) is 61.0 Å². The number of hydrogen-bond donors (Lipinski definition) is 12. The molecule has 0 saturated carbocycles. The molecule has 74 heavy (non-hydrogen) atoms. The molecule has 17 atom stereocenters. The van der Waals surface area contributed by atoms with Crippen LogP contribution in [-0.4, -0.2) is 193 Å². The minimum atomic E-state index is -1.98. The summed E-state index contributed by atoms with van der Waals surface area (Å²) >= 11 is 0. The second kappa shape index (κ2) is 39.6. The number of amides is 1. The van der Waals surface area contributed by atoms with Crippen molar-refractivity contribution in [2.45, 2.75) is 291 Å². The van der Waals surface area contributed by atoms with E-state index >= 15 is 0 Å². The molecule has 0 aromatic rings. The molecule has 19 nitrogen and oxygen atoms in total. The summed E-state index contributed by atoms with van der Waals surface area (Å²) in [6, 6.07) is -0.971. The van der Waals surface area contributed by atoms with Gasteiger partial charge in [-0.05, 0) is 44.9 Å². The van der Waals surface area contributed by atoms with Crippen molar-refractivity contribution in [3.63, 3.8) is 0 Å². The van der Waals surface area contributed by atoms with E-state index in [1.54, 1.807) is 6.08 Å². The highest BCUT2D eigenvalue weighted by atomic mass is 16.8. The van der Waals surface area contributed by atoms with E-state index in [4.69, 9.17) is 28.4 Å². The maximum atomic E-state index is 13.3. The Morgan fingerprint density at radius 1 is 0.473 bits per heavy atom. The Kier molecular flexibility index (Phi) is 35.6. The van der Waals surface area contributed by atoms with Crippen LogP contribution in [-0.2, 0) is 33.2 Å². The Hall–Kier alpha value is -1.73. The monoisotopic (exact) mass is 1060 g/mol. The van der Waals surface area contributed by atoms with Crippen molar-refractivity contribution in [3.8, 4) is 0 Å². The highest BCUT2D eigenvalue weighted by molar-refractivity contribution is 5.76. The Bertz CT molecular complexity index is 1460. The zero-order valence-corrected chi connectivity index (χ0v) is 44.8. The number of aliphatic hydroxyl groups excluding tert-OH is 11. The van der Waals surface area contributed by atoms with E-state index in [2.05, 4.69) is 31.3 Å². The number of allylic oxidation sites excluding steroid dienone is 3. The second-order valence-corrected chi connectivity index (χ2v) is 20.8. The summed E-state index contributed by atoms with van der Waals surface area (Å²) in [5.41, 5.74) is 0. The van der Waals surface area contributed by atoms with Gasteiger partial charge in [0, 0.05) is 6.42 Å². The van der Waals surface area contributed by atoms with Gasteiger partial charge < -0.3 is 89.9 Å². The van der Waals surface area contributed by atoms with E-state index in [0.717, 1.165) is 57.8 Å². The van der Waals surface area contributed by atoms with Crippen molar-refractivity contribution in [3.05, 3.63) is 24.3 Å². The second-order valence-electron chi connectivity index (χ2n) is 20.8. The van der Waals surface area contributed by atoms with Gasteiger partial charge in [-0.3, -0.25) is 4.79 Å². The van der Waals surface area contributed by atoms with E-state index in [1.807, 2.05) is 6.08 Å². The number of nitrogens with one attached hydrogen (secondary N) is 1. The molecule has 434 valence electrons. The lowest BCUT2D eigenvalue weighted by Gasteiger charge is -2.48. The maximum Gasteiger partial charge on any atom is 0.220 e. The number of unbranched alkanes of at least 4 members (excludes halogenated alkanes) is 23. The van der Waals surface area contributed by atoms with Crippen LogP contribution in [0.5, 0.6) is 0 Å². The number of aliphatic hydroxyl groups is 11. The molecule has 12 N–H and O–H groups in total. The zero-order valence-electron chi connectivity index (χ0n) is 44.8. The van der Waals surface area contributed by atoms with Crippen molar-refractivity contribution in [2.75, 3.05) is 26.4 Å². The van der Waals surface area contributed by atoms with Crippen LogP contribution in [0.2, 0.25) is 0 Å². The predicted molar refractivity (Wildman–Crippen MR) is 277 cm³/mol. The van der Waals surface area contributed by atoms with Crippen LogP contribution in [0.15, 0.2) is 24.3 Å². The molecule has 17 unspecified atom stereocenters. The summed E-state index contributed by atoms with van der Waals surface area (Å²) in [6.45, 7) is 1.69. The van der Waals surface area contributed by atoms with Gasteiger partial charge in [0.05, 0.1) is 38.6 Å². The van der Waals surface area contributed by atoms with Crippen molar-refractivity contribution in [1.29, 1.82) is 0 Å². The summed E-state index contributed by atoms with van der Waals surface area (Å²) in [4.78, 5) is 13.3. The number of rotatable bonds is 41. The fourth-order valence-electron chi connectivity index (χ4n) is 9.71. The fraction of sp³-hybridized carbons (Fsp3) is 0.909. The van der Waals surface area contributed by atoms with Crippen LogP contribution in [0.25, 0.3) is 0 Å². The lowest BCUT2D eigenvalue weighted by atomic mass is 9.96. The average Bonchev–Trinajstić information content (AvgIpc) is 3.40. The standard InChI is InChI=1S/C55H101NO18/c1-3-5-7-9-11-13-15-17-18-19-20-21-23-25-27-29-31-33-43(61)56-38(39(60)32-30-28-26-24-22-16-14-12-10-8-6-4-2)37-69-53-49(67)46(64)51(41(35-58)71-53)74-55-50(68)47(65)52(42(36-59)72-55)73-54-48(66)45(63)44(62)40(34-57)70-54/h17-18,30,32,38-42,44-55,57-60,62-68H,3-16,19-29,31,33-37H2,1-2H3,(H,56,61)/b18-17-,32-30+. The molecule has 0 spiro atoms. The molecule has 0 aromatic carbocycles. The molecule has 0 aromatic heterocycles. The molecular weight excluding hydrogens is 963 g/mol. The smallest absolute Gasteiger partial charge is 0.220 e. The first-order chi connectivity index (χ1) is 35.8. The largest absolute Gasteiger partial charge is 0.394 e. The minimum absolute atomic E-state index is 0.239. The van der Waals surface area contributed by atoms with Crippen molar-refractivity contribution in [1.82, 2.24) is 5.32 Å². The highest BCUT2D eigenvalue weighted by Crippen LogP contribution is 2.33. The molecule has 3 saturated heterocycles. The topological polar surface area (TPSA) is 307 Å². The highest BCUT2D eigenvalue weighted by Gasteiger charge is 2.53. The van der Waals surface area contributed by atoms with Gasteiger partial charge in [-0.2, -0.15) is 0 Å². The van der Waals surface area contributed by atoms with Crippen LogP contribution in [0.4, 0.5) is 0 Å². The first kappa shape index (κ1) is 66.5. The van der Waals surface area contributed by atoms with Crippen molar-refractivity contribution in [2.24, 2.45) is 0 Å². The quantitative estimate of drug-likeness (QED) is 0.0304.